The van der Waals surface area contributed by atoms with E-state index in [2.05, 4.69) is 20.4 Å². The van der Waals surface area contributed by atoms with E-state index in [1.54, 1.807) is 13.1 Å². The molecule has 1 saturated heterocycles. The van der Waals surface area contributed by atoms with Crippen molar-refractivity contribution in [2.45, 2.75) is 26.2 Å². The number of benzene rings is 2. The molecule has 0 radical (unpaired) electrons. The van der Waals surface area contributed by atoms with Gasteiger partial charge in [0.1, 0.15) is 11.6 Å². The zero-order valence-electron chi connectivity index (χ0n) is 17.6. The number of phenolic OH excluding ortho intramolecular Hbond substituents is 1. The molecule has 0 amide bonds. The first kappa shape index (κ1) is 21.1. The van der Waals surface area contributed by atoms with Crippen molar-refractivity contribution in [3.63, 3.8) is 0 Å². The van der Waals surface area contributed by atoms with E-state index in [1.165, 1.54) is 25.0 Å². The summed E-state index contributed by atoms with van der Waals surface area (Å²) in [4.78, 5) is 2.45. The third-order valence-corrected chi connectivity index (χ3v) is 5.43. The molecule has 1 fully saturated rings. The lowest BCUT2D eigenvalue weighted by Crippen LogP contribution is -2.22. The Kier molecular flexibility index (Phi) is 6.66. The molecule has 0 bridgehead atoms. The van der Waals surface area contributed by atoms with E-state index < -0.39 is 5.82 Å². The Morgan fingerprint density at radius 1 is 1.13 bits per heavy atom. The van der Waals surface area contributed by atoms with Gasteiger partial charge < -0.3 is 24.8 Å². The molecule has 1 aliphatic heterocycles. The van der Waals surface area contributed by atoms with Gasteiger partial charge in [-0.15, -0.1) is 0 Å². The van der Waals surface area contributed by atoms with Gasteiger partial charge in [-0.3, -0.25) is 0 Å². The molecule has 1 aromatic heterocycles. The number of phenols is 1. The predicted octanol–water partition coefficient (Wildman–Crippen LogP) is 4.10. The van der Waals surface area contributed by atoms with Crippen molar-refractivity contribution >= 4 is 16.6 Å². The summed E-state index contributed by atoms with van der Waals surface area (Å²) in [6, 6.07) is 8.12. The largest absolute Gasteiger partial charge is 0.508 e. The molecule has 0 aliphatic carbocycles. The summed E-state index contributed by atoms with van der Waals surface area (Å²) in [5.74, 6) is 0.677. The fourth-order valence-electron chi connectivity index (χ4n) is 3.68. The quantitative estimate of drug-likeness (QED) is 0.394. The number of hydrogen-bond donors (Lipinski definition) is 2. The number of nitrogens with zero attached hydrogens (tertiary/aromatic N) is 3. The predicted molar refractivity (Wildman–Crippen MR) is 117 cm³/mol. The molecule has 4 rings (SSSR count). The minimum absolute atomic E-state index is 0.00752. The number of ether oxygens (including phenoxy) is 2. The van der Waals surface area contributed by atoms with Gasteiger partial charge in [-0.1, -0.05) is 0 Å². The summed E-state index contributed by atoms with van der Waals surface area (Å²) < 4.78 is 26.0. The second-order valence-electron chi connectivity index (χ2n) is 7.72. The standard InChI is InChI=1S/C23H27FN4O3/c1-16-11-18(24)20(13-21(16)29)25-15-31-22-12-17-5-6-26-27-19(17)14-23(22)30-10-4-9-28-7-2-3-8-28/h5-6,11-14,25,29H,2-4,7-10,15H2,1H3. The van der Waals surface area contributed by atoms with Crippen molar-refractivity contribution in [1.82, 2.24) is 15.1 Å². The number of fused-ring (bicyclic) bond motifs is 1. The van der Waals surface area contributed by atoms with Crippen LogP contribution in [0.4, 0.5) is 10.1 Å². The van der Waals surface area contributed by atoms with Gasteiger partial charge in [0.05, 0.1) is 24.0 Å². The van der Waals surface area contributed by atoms with Gasteiger partial charge in [0.2, 0.25) is 0 Å². The molecule has 0 saturated carbocycles. The lowest BCUT2D eigenvalue weighted by molar-refractivity contribution is 0.249. The average Bonchev–Trinajstić information content (AvgIpc) is 3.28. The Bertz CT molecular complexity index is 1040. The van der Waals surface area contributed by atoms with Crippen molar-refractivity contribution in [3.05, 3.63) is 47.9 Å². The Balaban J connectivity index is 1.42. The molecule has 3 aromatic rings. The van der Waals surface area contributed by atoms with Gasteiger partial charge in [0.15, 0.2) is 18.2 Å². The average molecular weight is 426 g/mol. The van der Waals surface area contributed by atoms with Crippen LogP contribution in [0.2, 0.25) is 0 Å². The van der Waals surface area contributed by atoms with E-state index in [9.17, 15) is 9.50 Å². The highest BCUT2D eigenvalue weighted by Crippen LogP contribution is 2.32. The Labute approximate surface area is 180 Å². The molecule has 2 N–H and O–H groups in total. The van der Waals surface area contributed by atoms with E-state index in [0.29, 0.717) is 29.2 Å². The van der Waals surface area contributed by atoms with Gasteiger partial charge in [-0.25, -0.2) is 4.39 Å². The van der Waals surface area contributed by atoms with E-state index in [4.69, 9.17) is 9.47 Å². The van der Waals surface area contributed by atoms with Crippen molar-refractivity contribution in [3.8, 4) is 17.2 Å². The van der Waals surface area contributed by atoms with Crippen molar-refractivity contribution in [2.75, 3.05) is 38.3 Å². The Hall–Kier alpha value is -3.13. The highest BCUT2D eigenvalue weighted by Gasteiger charge is 2.13. The molecule has 0 atom stereocenters. The molecule has 2 heterocycles. The number of nitrogens with one attached hydrogen (secondary N) is 1. The third kappa shape index (κ3) is 5.32. The summed E-state index contributed by atoms with van der Waals surface area (Å²) >= 11 is 0. The van der Waals surface area contributed by atoms with Crippen LogP contribution in [0.25, 0.3) is 10.9 Å². The van der Waals surface area contributed by atoms with Crippen LogP contribution in [0.15, 0.2) is 36.5 Å². The highest BCUT2D eigenvalue weighted by molar-refractivity contribution is 5.81. The summed E-state index contributed by atoms with van der Waals surface area (Å²) in [6.07, 6.45) is 5.08. The topological polar surface area (TPSA) is 79.7 Å². The first-order valence-corrected chi connectivity index (χ1v) is 10.6. The van der Waals surface area contributed by atoms with Crippen LogP contribution in [0.1, 0.15) is 24.8 Å². The van der Waals surface area contributed by atoms with Crippen LogP contribution in [0, 0.1) is 12.7 Å². The smallest absolute Gasteiger partial charge is 0.164 e. The number of rotatable bonds is 9. The zero-order valence-corrected chi connectivity index (χ0v) is 17.6. The lowest BCUT2D eigenvalue weighted by Gasteiger charge is -2.17. The molecular weight excluding hydrogens is 399 g/mol. The van der Waals surface area contributed by atoms with E-state index in [1.807, 2.05) is 18.2 Å². The summed E-state index contributed by atoms with van der Waals surface area (Å²) in [7, 11) is 0. The van der Waals surface area contributed by atoms with Crippen LogP contribution < -0.4 is 14.8 Å². The highest BCUT2D eigenvalue weighted by atomic mass is 19.1. The first-order chi connectivity index (χ1) is 15.1. The van der Waals surface area contributed by atoms with E-state index in [-0.39, 0.29) is 18.2 Å². The maximum absolute atomic E-state index is 14.1. The van der Waals surface area contributed by atoms with Crippen molar-refractivity contribution in [1.29, 1.82) is 0 Å². The third-order valence-electron chi connectivity index (χ3n) is 5.43. The Morgan fingerprint density at radius 3 is 2.77 bits per heavy atom. The van der Waals surface area contributed by atoms with Crippen LogP contribution in [-0.2, 0) is 0 Å². The fourth-order valence-corrected chi connectivity index (χ4v) is 3.68. The van der Waals surface area contributed by atoms with Gasteiger partial charge in [0.25, 0.3) is 0 Å². The molecule has 0 spiro atoms. The second kappa shape index (κ2) is 9.78. The second-order valence-corrected chi connectivity index (χ2v) is 7.72. The molecule has 7 nitrogen and oxygen atoms in total. The maximum Gasteiger partial charge on any atom is 0.164 e. The number of aryl methyl sites for hydroxylation is 1. The van der Waals surface area contributed by atoms with Crippen molar-refractivity contribution < 1.29 is 19.0 Å². The van der Waals surface area contributed by atoms with Crippen LogP contribution in [0.5, 0.6) is 17.2 Å². The fraction of sp³-hybridized carbons (Fsp3) is 0.391. The van der Waals surface area contributed by atoms with Gasteiger partial charge in [0, 0.05) is 24.1 Å². The van der Waals surface area contributed by atoms with Crippen LogP contribution in [-0.4, -0.2) is 53.2 Å². The molecule has 31 heavy (non-hydrogen) atoms. The minimum atomic E-state index is -0.453. The van der Waals surface area contributed by atoms with Crippen LogP contribution in [0.3, 0.4) is 0 Å². The summed E-state index contributed by atoms with van der Waals surface area (Å²) in [5, 5.41) is 21.6. The molecule has 0 unspecified atom stereocenters. The number of aromatic nitrogens is 2. The monoisotopic (exact) mass is 426 g/mol. The van der Waals surface area contributed by atoms with Gasteiger partial charge in [-0.2, -0.15) is 10.2 Å². The van der Waals surface area contributed by atoms with Crippen LogP contribution >= 0.6 is 0 Å². The number of aromatic hydroxyl groups is 1. The minimum Gasteiger partial charge on any atom is -0.508 e. The van der Waals surface area contributed by atoms with E-state index in [0.717, 1.165) is 31.4 Å². The number of likely N-dealkylation sites (tertiary alicyclic amines) is 1. The van der Waals surface area contributed by atoms with Gasteiger partial charge in [-0.05, 0) is 63.0 Å². The Morgan fingerprint density at radius 2 is 1.94 bits per heavy atom. The summed E-state index contributed by atoms with van der Waals surface area (Å²) in [5.41, 5.74) is 1.36. The SMILES string of the molecule is Cc1cc(F)c(NCOc2cc3ccnnc3cc2OCCCN2CCCC2)cc1O. The van der Waals surface area contributed by atoms with E-state index >= 15 is 0 Å². The normalized spacial score (nSPS) is 14.1. The maximum atomic E-state index is 14.1. The molecule has 2 aromatic carbocycles. The zero-order chi connectivity index (χ0) is 21.6. The molecule has 1 aliphatic rings. The first-order valence-electron chi connectivity index (χ1n) is 10.6. The van der Waals surface area contributed by atoms with Gasteiger partial charge >= 0.3 is 0 Å². The number of anilines is 1. The molecular formula is C23H27FN4O3. The number of halogens is 1. The molecule has 8 heteroatoms. The summed E-state index contributed by atoms with van der Waals surface area (Å²) in [6.45, 7) is 5.55. The number of hydrogen-bond acceptors (Lipinski definition) is 7. The van der Waals surface area contributed by atoms with Crippen molar-refractivity contribution in [2.24, 2.45) is 0 Å². The lowest BCUT2D eigenvalue weighted by atomic mass is 10.2. The molecule has 164 valence electrons.